The van der Waals surface area contributed by atoms with Crippen molar-refractivity contribution in [2.75, 3.05) is 10.7 Å². The first-order valence-corrected chi connectivity index (χ1v) is 11.3. The first kappa shape index (κ1) is 20.8. The lowest BCUT2D eigenvalue weighted by molar-refractivity contribution is -0.115. The van der Waals surface area contributed by atoms with Gasteiger partial charge in [-0.25, -0.2) is 4.98 Å². The number of aryl methyl sites for hydroxylation is 1. The fourth-order valence-electron chi connectivity index (χ4n) is 3.58. The highest BCUT2D eigenvalue weighted by Gasteiger charge is 2.29. The topological polar surface area (TPSA) is 79.9 Å². The predicted molar refractivity (Wildman–Crippen MR) is 133 cm³/mol. The van der Waals surface area contributed by atoms with Gasteiger partial charge in [0, 0.05) is 0 Å². The van der Waals surface area contributed by atoms with E-state index in [0.717, 1.165) is 11.3 Å². The number of hydrogen-bond acceptors (Lipinski definition) is 6. The number of amidine groups is 1. The maximum atomic E-state index is 13.2. The van der Waals surface area contributed by atoms with Crippen LogP contribution in [-0.4, -0.2) is 32.6 Å². The van der Waals surface area contributed by atoms with E-state index in [4.69, 9.17) is 0 Å². The summed E-state index contributed by atoms with van der Waals surface area (Å²) in [7, 11) is 0. The van der Waals surface area contributed by atoms with Crippen LogP contribution in [0.4, 0.5) is 5.69 Å². The summed E-state index contributed by atoms with van der Waals surface area (Å²) in [5.41, 5.74) is 2.93. The molecule has 0 N–H and O–H groups in total. The summed E-state index contributed by atoms with van der Waals surface area (Å²) < 4.78 is 1.51. The number of para-hydroxylation sites is 2. The summed E-state index contributed by atoms with van der Waals surface area (Å²) in [4.78, 5) is 31.9. The molecule has 1 saturated heterocycles. The average molecular weight is 454 g/mol. The molecule has 1 aliphatic rings. The molecule has 7 nitrogen and oxygen atoms in total. The second-order valence-electron chi connectivity index (χ2n) is 7.44. The lowest BCUT2D eigenvalue weighted by Gasteiger charge is -2.15. The zero-order valence-electron chi connectivity index (χ0n) is 17.8. The largest absolute Gasteiger partial charge is 0.273 e. The van der Waals surface area contributed by atoms with E-state index in [9.17, 15) is 9.59 Å². The number of rotatable bonds is 4. The van der Waals surface area contributed by atoms with Crippen LogP contribution in [0.3, 0.4) is 0 Å². The summed E-state index contributed by atoms with van der Waals surface area (Å²) in [5.74, 6) is 0.596. The van der Waals surface area contributed by atoms with E-state index in [1.54, 1.807) is 17.0 Å². The molecule has 0 spiro atoms. The Balaban J connectivity index is 1.57. The molecular formula is C25H19N5O2S. The Morgan fingerprint density at radius 2 is 1.64 bits per heavy atom. The van der Waals surface area contributed by atoms with Crippen molar-refractivity contribution in [1.82, 2.24) is 9.55 Å². The number of fused-ring (bicyclic) bond motifs is 1. The van der Waals surface area contributed by atoms with Crippen molar-refractivity contribution >= 4 is 45.6 Å². The molecule has 1 aromatic heterocycles. The molecule has 1 aliphatic heterocycles. The van der Waals surface area contributed by atoms with Gasteiger partial charge in [-0.1, -0.05) is 59.8 Å². The van der Waals surface area contributed by atoms with Gasteiger partial charge in [0.05, 0.1) is 34.2 Å². The standard InChI is InChI=1S/C25H19N5O2S/c1-17-11-13-19(14-12-17)30-23(31)16-33-25(30)28-26-15-22-27-21-10-6-5-9-20(21)24(32)29(22)18-7-3-2-4-8-18/h2-15H,16H2,1H3/b26-15+,28-25-. The van der Waals surface area contributed by atoms with Crippen LogP contribution >= 0.6 is 11.8 Å². The van der Waals surface area contributed by atoms with Gasteiger partial charge < -0.3 is 0 Å². The normalized spacial score (nSPS) is 15.2. The Bertz CT molecular complexity index is 1460. The van der Waals surface area contributed by atoms with Crippen molar-refractivity contribution in [2.24, 2.45) is 10.2 Å². The number of hydrogen-bond donors (Lipinski definition) is 0. The molecule has 0 radical (unpaired) electrons. The zero-order valence-corrected chi connectivity index (χ0v) is 18.6. The molecule has 4 aromatic rings. The van der Waals surface area contributed by atoms with Crippen LogP contribution in [0.15, 0.2) is 93.9 Å². The van der Waals surface area contributed by atoms with Crippen LogP contribution in [0, 0.1) is 6.92 Å². The molecule has 33 heavy (non-hydrogen) atoms. The minimum absolute atomic E-state index is 0.0529. The van der Waals surface area contributed by atoms with Crippen LogP contribution in [0.2, 0.25) is 0 Å². The molecule has 5 rings (SSSR count). The van der Waals surface area contributed by atoms with Crippen LogP contribution in [0.25, 0.3) is 16.6 Å². The summed E-state index contributed by atoms with van der Waals surface area (Å²) >= 11 is 1.32. The summed E-state index contributed by atoms with van der Waals surface area (Å²) in [6, 6.07) is 24.1. The molecule has 162 valence electrons. The number of amides is 1. The Kier molecular flexibility index (Phi) is 5.58. The van der Waals surface area contributed by atoms with Crippen molar-refractivity contribution < 1.29 is 4.79 Å². The van der Waals surface area contributed by atoms with Crippen molar-refractivity contribution in [1.29, 1.82) is 0 Å². The number of aromatic nitrogens is 2. The van der Waals surface area contributed by atoms with Crippen LogP contribution in [0.5, 0.6) is 0 Å². The number of carbonyl (C=O) groups is 1. The minimum atomic E-state index is -0.187. The van der Waals surface area contributed by atoms with Gasteiger partial charge in [-0.15, -0.1) is 5.10 Å². The van der Waals surface area contributed by atoms with Gasteiger partial charge in [-0.05, 0) is 43.3 Å². The third-order valence-electron chi connectivity index (χ3n) is 5.19. The molecule has 3 aromatic carbocycles. The SMILES string of the molecule is Cc1ccc(N2C(=O)CS/C2=N\N=C\c2nc3ccccc3c(=O)n2-c2ccccc2)cc1. The van der Waals surface area contributed by atoms with Crippen molar-refractivity contribution in [2.45, 2.75) is 6.92 Å². The lowest BCUT2D eigenvalue weighted by Crippen LogP contribution is -2.29. The molecule has 0 bridgehead atoms. The van der Waals surface area contributed by atoms with Gasteiger partial charge in [0.2, 0.25) is 5.91 Å². The smallest absolute Gasteiger partial charge is 0.266 e. The maximum Gasteiger partial charge on any atom is 0.266 e. The van der Waals surface area contributed by atoms with Crippen LogP contribution in [0.1, 0.15) is 11.4 Å². The van der Waals surface area contributed by atoms with E-state index < -0.39 is 0 Å². The maximum absolute atomic E-state index is 13.2. The monoisotopic (exact) mass is 453 g/mol. The van der Waals surface area contributed by atoms with Crippen LogP contribution < -0.4 is 10.5 Å². The number of carbonyl (C=O) groups excluding carboxylic acids is 1. The second-order valence-corrected chi connectivity index (χ2v) is 8.39. The molecule has 0 aliphatic carbocycles. The number of thioether (sulfide) groups is 1. The minimum Gasteiger partial charge on any atom is -0.273 e. The molecule has 8 heteroatoms. The van der Waals surface area contributed by atoms with Crippen molar-refractivity contribution in [3.8, 4) is 5.69 Å². The Hall–Kier alpha value is -4.04. The van der Waals surface area contributed by atoms with Gasteiger partial charge in [0.25, 0.3) is 5.56 Å². The summed E-state index contributed by atoms with van der Waals surface area (Å²) in [6.45, 7) is 1.99. The molecule has 1 fully saturated rings. The Labute approximate surface area is 194 Å². The molecule has 0 atom stereocenters. The Morgan fingerprint density at radius 1 is 0.909 bits per heavy atom. The van der Waals surface area contributed by atoms with E-state index in [-0.39, 0.29) is 11.5 Å². The second kappa shape index (κ2) is 8.84. The van der Waals surface area contributed by atoms with E-state index in [1.165, 1.54) is 22.5 Å². The highest BCUT2D eigenvalue weighted by atomic mass is 32.2. The zero-order chi connectivity index (χ0) is 22.8. The quantitative estimate of drug-likeness (QED) is 0.343. The first-order chi connectivity index (χ1) is 16.1. The third-order valence-corrected chi connectivity index (χ3v) is 6.10. The van der Waals surface area contributed by atoms with E-state index >= 15 is 0 Å². The fourth-order valence-corrected chi connectivity index (χ4v) is 4.40. The number of benzene rings is 3. The molecular weight excluding hydrogens is 434 g/mol. The third kappa shape index (κ3) is 4.08. The van der Waals surface area contributed by atoms with E-state index in [0.29, 0.717) is 33.3 Å². The molecule has 0 saturated carbocycles. The number of anilines is 1. The Morgan fingerprint density at radius 3 is 2.42 bits per heavy atom. The van der Waals surface area contributed by atoms with Crippen molar-refractivity contribution in [3.05, 3.63) is 101 Å². The van der Waals surface area contributed by atoms with Crippen LogP contribution in [-0.2, 0) is 4.79 Å². The summed E-state index contributed by atoms with van der Waals surface area (Å²) in [5, 5.41) is 9.51. The molecule has 2 heterocycles. The predicted octanol–water partition coefficient (Wildman–Crippen LogP) is 4.16. The highest BCUT2D eigenvalue weighted by Crippen LogP contribution is 2.27. The van der Waals surface area contributed by atoms with Gasteiger partial charge in [0.1, 0.15) is 0 Å². The van der Waals surface area contributed by atoms with Gasteiger partial charge >= 0.3 is 0 Å². The molecule has 1 amide bonds. The lowest BCUT2D eigenvalue weighted by atomic mass is 10.2. The summed E-state index contributed by atoms with van der Waals surface area (Å²) in [6.07, 6.45) is 1.45. The average Bonchev–Trinajstić information content (AvgIpc) is 3.20. The van der Waals surface area contributed by atoms with E-state index in [1.807, 2.05) is 73.7 Å². The van der Waals surface area contributed by atoms with Gasteiger partial charge in [0.15, 0.2) is 11.0 Å². The first-order valence-electron chi connectivity index (χ1n) is 10.3. The van der Waals surface area contributed by atoms with E-state index in [2.05, 4.69) is 15.2 Å². The highest BCUT2D eigenvalue weighted by molar-refractivity contribution is 8.15. The van der Waals surface area contributed by atoms with Gasteiger partial charge in [-0.3, -0.25) is 19.1 Å². The number of nitrogens with zero attached hydrogens (tertiary/aromatic N) is 5. The van der Waals surface area contributed by atoms with Gasteiger partial charge in [-0.2, -0.15) is 5.10 Å². The molecule has 0 unspecified atom stereocenters. The fraction of sp³-hybridized carbons (Fsp3) is 0.0800. The van der Waals surface area contributed by atoms with Crippen molar-refractivity contribution in [3.63, 3.8) is 0 Å².